The summed E-state index contributed by atoms with van der Waals surface area (Å²) in [7, 11) is 0. The van der Waals surface area contributed by atoms with Crippen molar-refractivity contribution in [1.29, 1.82) is 5.26 Å². The van der Waals surface area contributed by atoms with Crippen molar-refractivity contribution in [3.8, 4) is 6.07 Å². The molecule has 0 saturated heterocycles. The van der Waals surface area contributed by atoms with E-state index in [0.717, 1.165) is 0 Å². The highest BCUT2D eigenvalue weighted by atomic mass is 32.1. The molecular formula is C17H17N3O2S. The molecule has 0 spiro atoms. The van der Waals surface area contributed by atoms with Gasteiger partial charge in [0, 0.05) is 24.3 Å². The summed E-state index contributed by atoms with van der Waals surface area (Å²) < 4.78 is 0. The van der Waals surface area contributed by atoms with Gasteiger partial charge in [-0.25, -0.2) is 0 Å². The van der Waals surface area contributed by atoms with Crippen molar-refractivity contribution in [2.75, 3.05) is 18.4 Å². The Hall–Kier alpha value is -2.65. The van der Waals surface area contributed by atoms with E-state index < -0.39 is 0 Å². The number of anilines is 1. The van der Waals surface area contributed by atoms with Crippen LogP contribution in [-0.2, 0) is 0 Å². The summed E-state index contributed by atoms with van der Waals surface area (Å²) in [6.45, 7) is 2.63. The number of nitrogens with one attached hydrogen (secondary N) is 2. The number of thiophene rings is 1. The predicted octanol–water partition coefficient (Wildman–Crippen LogP) is 3.05. The number of Topliss-reactive ketones (excluding diaryl/α,β-unsaturated/α-hetero) is 1. The number of carbonyl (C=O) groups excluding carboxylic acids is 2. The Morgan fingerprint density at radius 2 is 2.09 bits per heavy atom. The zero-order chi connectivity index (χ0) is 16.7. The summed E-state index contributed by atoms with van der Waals surface area (Å²) in [5, 5.41) is 16.8. The zero-order valence-corrected chi connectivity index (χ0v) is 13.6. The Labute approximate surface area is 138 Å². The topological polar surface area (TPSA) is 82.0 Å². The molecule has 23 heavy (non-hydrogen) atoms. The van der Waals surface area contributed by atoms with Crippen LogP contribution in [0.15, 0.2) is 35.7 Å². The molecule has 0 atom stereocenters. The Bertz CT molecular complexity index is 733. The molecule has 0 radical (unpaired) electrons. The molecule has 0 bridgehead atoms. The van der Waals surface area contributed by atoms with E-state index in [1.165, 1.54) is 18.3 Å². The fourth-order valence-electron chi connectivity index (χ4n) is 2.08. The molecule has 1 aromatic heterocycles. The average Bonchev–Trinajstić information content (AvgIpc) is 3.08. The second-order valence-corrected chi connectivity index (χ2v) is 5.89. The minimum Gasteiger partial charge on any atom is -0.384 e. The molecule has 2 rings (SSSR count). The number of hydrogen-bond donors (Lipinski definition) is 2. The van der Waals surface area contributed by atoms with Gasteiger partial charge in [0.1, 0.15) is 0 Å². The highest BCUT2D eigenvalue weighted by molar-refractivity contribution is 7.12. The second-order valence-electron chi connectivity index (χ2n) is 4.94. The second kappa shape index (κ2) is 8.11. The molecule has 0 aliphatic rings. The monoisotopic (exact) mass is 327 g/mol. The van der Waals surface area contributed by atoms with Crippen LogP contribution in [0.4, 0.5) is 5.69 Å². The van der Waals surface area contributed by atoms with Gasteiger partial charge in [-0.1, -0.05) is 6.07 Å². The van der Waals surface area contributed by atoms with Crippen LogP contribution >= 0.6 is 11.3 Å². The smallest absolute Gasteiger partial charge is 0.261 e. The lowest BCUT2D eigenvalue weighted by Gasteiger charge is -2.11. The van der Waals surface area contributed by atoms with Crippen molar-refractivity contribution in [2.45, 2.75) is 13.3 Å². The van der Waals surface area contributed by atoms with Crippen LogP contribution in [0, 0.1) is 11.3 Å². The summed E-state index contributed by atoms with van der Waals surface area (Å²) in [5.74, 6) is -0.126. The summed E-state index contributed by atoms with van der Waals surface area (Å²) in [6.07, 6.45) is 0.714. The third-order valence-electron chi connectivity index (χ3n) is 3.23. The molecule has 5 nitrogen and oxygen atoms in total. The first kappa shape index (κ1) is 16.7. The number of nitriles is 1. The molecule has 6 heteroatoms. The van der Waals surface area contributed by atoms with Crippen LogP contribution in [0.5, 0.6) is 0 Å². The van der Waals surface area contributed by atoms with Crippen LogP contribution in [-0.4, -0.2) is 24.8 Å². The lowest BCUT2D eigenvalue weighted by molar-refractivity contribution is 0.0956. The molecule has 118 valence electrons. The Kier molecular flexibility index (Phi) is 5.89. The number of nitrogens with zero attached hydrogens (tertiary/aromatic N) is 1. The van der Waals surface area contributed by atoms with Gasteiger partial charge in [-0.05, 0) is 43.0 Å². The molecule has 0 fully saturated rings. The Morgan fingerprint density at radius 3 is 2.74 bits per heavy atom. The number of ketones is 1. The summed E-state index contributed by atoms with van der Waals surface area (Å²) in [6, 6.07) is 10.6. The third-order valence-corrected chi connectivity index (χ3v) is 4.10. The molecule has 2 aromatic rings. The minimum absolute atomic E-state index is 0.0528. The van der Waals surface area contributed by atoms with Gasteiger partial charge in [0.2, 0.25) is 0 Å². The molecular weight excluding hydrogens is 310 g/mol. The van der Waals surface area contributed by atoms with Crippen molar-refractivity contribution in [3.63, 3.8) is 0 Å². The number of benzene rings is 1. The van der Waals surface area contributed by atoms with E-state index in [4.69, 9.17) is 5.26 Å². The first-order valence-electron chi connectivity index (χ1n) is 7.22. The normalized spacial score (nSPS) is 9.91. The number of hydrogen-bond acceptors (Lipinski definition) is 5. The first-order valence-corrected chi connectivity index (χ1v) is 8.10. The lowest BCUT2D eigenvalue weighted by atomic mass is 10.1. The molecule has 1 aromatic carbocycles. The standard InChI is InChI=1S/C17H17N3O2S/c1-12(21)14-6-5-13(11-18)10-15(14)19-7-3-8-20-17(22)16-4-2-9-23-16/h2,4-6,9-10,19H,3,7-8H2,1H3,(H,20,22). The average molecular weight is 327 g/mol. The fraction of sp³-hybridized carbons (Fsp3) is 0.235. The maximum absolute atomic E-state index is 11.8. The maximum atomic E-state index is 11.8. The molecule has 0 aliphatic carbocycles. The van der Waals surface area contributed by atoms with Crippen molar-refractivity contribution >= 4 is 28.7 Å². The Morgan fingerprint density at radius 1 is 1.26 bits per heavy atom. The van der Waals surface area contributed by atoms with Crippen molar-refractivity contribution < 1.29 is 9.59 Å². The van der Waals surface area contributed by atoms with Crippen LogP contribution < -0.4 is 10.6 Å². The molecule has 1 heterocycles. The highest BCUT2D eigenvalue weighted by Crippen LogP contribution is 2.18. The summed E-state index contributed by atoms with van der Waals surface area (Å²) >= 11 is 1.41. The number of amides is 1. The van der Waals surface area contributed by atoms with Gasteiger partial charge >= 0.3 is 0 Å². The van der Waals surface area contributed by atoms with Gasteiger partial charge in [-0.3, -0.25) is 9.59 Å². The van der Waals surface area contributed by atoms with Gasteiger partial charge in [-0.2, -0.15) is 5.26 Å². The van der Waals surface area contributed by atoms with Crippen LogP contribution in [0.2, 0.25) is 0 Å². The number of carbonyl (C=O) groups is 2. The molecule has 0 saturated carbocycles. The van der Waals surface area contributed by atoms with Gasteiger partial charge in [-0.15, -0.1) is 11.3 Å². The van der Waals surface area contributed by atoms with Crippen LogP contribution in [0.1, 0.15) is 38.9 Å². The largest absolute Gasteiger partial charge is 0.384 e. The highest BCUT2D eigenvalue weighted by Gasteiger charge is 2.08. The van der Waals surface area contributed by atoms with E-state index in [1.54, 1.807) is 24.3 Å². The number of rotatable bonds is 7. The quantitative estimate of drug-likeness (QED) is 0.605. The Balaban J connectivity index is 1.83. The molecule has 0 unspecified atom stereocenters. The van der Waals surface area contributed by atoms with Gasteiger partial charge in [0.05, 0.1) is 16.5 Å². The van der Waals surface area contributed by atoms with E-state index >= 15 is 0 Å². The fourth-order valence-corrected chi connectivity index (χ4v) is 2.72. The van der Waals surface area contributed by atoms with E-state index in [1.807, 2.05) is 11.4 Å². The van der Waals surface area contributed by atoms with E-state index in [2.05, 4.69) is 16.7 Å². The summed E-state index contributed by atoms with van der Waals surface area (Å²) in [4.78, 5) is 24.1. The molecule has 1 amide bonds. The third kappa shape index (κ3) is 4.66. The SMILES string of the molecule is CC(=O)c1ccc(C#N)cc1NCCCNC(=O)c1cccs1. The predicted molar refractivity (Wildman–Crippen MR) is 90.9 cm³/mol. The van der Waals surface area contributed by atoms with Crippen LogP contribution in [0.3, 0.4) is 0 Å². The van der Waals surface area contributed by atoms with Crippen molar-refractivity contribution in [1.82, 2.24) is 5.32 Å². The zero-order valence-electron chi connectivity index (χ0n) is 12.8. The van der Waals surface area contributed by atoms with Gasteiger partial charge in [0.25, 0.3) is 5.91 Å². The van der Waals surface area contributed by atoms with Crippen molar-refractivity contribution in [3.05, 3.63) is 51.7 Å². The van der Waals surface area contributed by atoms with Gasteiger partial charge in [0.15, 0.2) is 5.78 Å². The molecule has 2 N–H and O–H groups in total. The summed E-state index contributed by atoms with van der Waals surface area (Å²) in [5.41, 5.74) is 1.72. The maximum Gasteiger partial charge on any atom is 0.261 e. The lowest BCUT2D eigenvalue weighted by Crippen LogP contribution is -2.25. The van der Waals surface area contributed by atoms with E-state index in [0.29, 0.717) is 41.2 Å². The van der Waals surface area contributed by atoms with E-state index in [-0.39, 0.29) is 11.7 Å². The van der Waals surface area contributed by atoms with Gasteiger partial charge < -0.3 is 10.6 Å². The van der Waals surface area contributed by atoms with E-state index in [9.17, 15) is 9.59 Å². The minimum atomic E-state index is -0.0732. The first-order chi connectivity index (χ1) is 11.1. The molecule has 0 aliphatic heterocycles. The van der Waals surface area contributed by atoms with Crippen LogP contribution in [0.25, 0.3) is 0 Å². The van der Waals surface area contributed by atoms with Crippen molar-refractivity contribution in [2.24, 2.45) is 0 Å².